The van der Waals surface area contributed by atoms with Gasteiger partial charge in [-0.05, 0) is 49.4 Å². The van der Waals surface area contributed by atoms with Crippen LogP contribution in [0.25, 0.3) is 0 Å². The number of rotatable bonds is 6. The van der Waals surface area contributed by atoms with Gasteiger partial charge in [-0.25, -0.2) is 0 Å². The topological polar surface area (TPSA) is 0 Å². The summed E-state index contributed by atoms with van der Waals surface area (Å²) >= 11 is 0. The Morgan fingerprint density at radius 3 is 1.83 bits per heavy atom. The summed E-state index contributed by atoms with van der Waals surface area (Å²) in [6.07, 6.45) is 18.2. The lowest BCUT2D eigenvalue weighted by molar-refractivity contribution is 0.0911. The van der Waals surface area contributed by atoms with Crippen LogP contribution in [0.4, 0.5) is 0 Å². The Bertz CT molecular complexity index is 220. The van der Waals surface area contributed by atoms with Crippen LogP contribution in [-0.4, -0.2) is 0 Å². The van der Waals surface area contributed by atoms with E-state index in [-0.39, 0.29) is 0 Å². The molecule has 2 fully saturated rings. The molecule has 0 heterocycles. The predicted molar refractivity (Wildman–Crippen MR) is 80.7 cm³/mol. The third-order valence-corrected chi connectivity index (χ3v) is 5.74. The third kappa shape index (κ3) is 4.00. The van der Waals surface area contributed by atoms with Gasteiger partial charge in [-0.2, -0.15) is 0 Å². The quantitative estimate of drug-likeness (QED) is 0.492. The molecule has 0 aromatic carbocycles. The second kappa shape index (κ2) is 7.56. The maximum Gasteiger partial charge on any atom is -0.0383 e. The van der Waals surface area contributed by atoms with Gasteiger partial charge in [-0.3, -0.25) is 0 Å². The summed E-state index contributed by atoms with van der Waals surface area (Å²) in [6.45, 7) is 4.68. The molecule has 106 valence electrons. The van der Waals surface area contributed by atoms with Crippen LogP contribution in [0.3, 0.4) is 0 Å². The smallest absolute Gasteiger partial charge is 0.0383 e. The normalized spacial score (nSPS) is 36.3. The zero-order valence-corrected chi connectivity index (χ0v) is 12.8. The van der Waals surface area contributed by atoms with Crippen LogP contribution in [0.15, 0.2) is 0 Å². The molecule has 2 saturated carbocycles. The molecule has 0 aliphatic heterocycles. The van der Waals surface area contributed by atoms with Gasteiger partial charge in [0.1, 0.15) is 0 Å². The molecule has 2 aliphatic carbocycles. The maximum atomic E-state index is 2.36. The van der Waals surface area contributed by atoms with E-state index in [0.717, 1.165) is 23.7 Å². The van der Waals surface area contributed by atoms with E-state index in [1.165, 1.54) is 38.5 Å². The van der Waals surface area contributed by atoms with E-state index < -0.39 is 0 Å². The van der Waals surface area contributed by atoms with Crippen molar-refractivity contribution in [3.05, 3.63) is 0 Å². The molecule has 4 atom stereocenters. The van der Waals surface area contributed by atoms with Crippen molar-refractivity contribution in [1.82, 2.24) is 0 Å². The molecular formula is C18H34. The lowest BCUT2D eigenvalue weighted by Crippen LogP contribution is -2.31. The molecule has 2 aliphatic rings. The summed E-state index contributed by atoms with van der Waals surface area (Å²) in [4.78, 5) is 0. The second-order valence-electron chi connectivity index (χ2n) is 7.16. The van der Waals surface area contributed by atoms with Gasteiger partial charge in [-0.1, -0.05) is 65.2 Å². The summed E-state index contributed by atoms with van der Waals surface area (Å²) < 4.78 is 0. The molecule has 18 heavy (non-hydrogen) atoms. The highest BCUT2D eigenvalue weighted by molar-refractivity contribution is 4.86. The van der Waals surface area contributed by atoms with Crippen molar-refractivity contribution in [2.24, 2.45) is 23.7 Å². The minimum absolute atomic E-state index is 1.09. The molecule has 0 aromatic rings. The molecule has 0 bridgehead atoms. The van der Waals surface area contributed by atoms with Crippen LogP contribution in [0.5, 0.6) is 0 Å². The monoisotopic (exact) mass is 250 g/mol. The highest BCUT2D eigenvalue weighted by atomic mass is 14.4. The number of unbranched alkanes of at least 4 members (excludes halogenated alkanes) is 2. The highest BCUT2D eigenvalue weighted by Crippen LogP contribution is 2.46. The molecule has 2 rings (SSSR count). The van der Waals surface area contributed by atoms with E-state index in [4.69, 9.17) is 0 Å². The van der Waals surface area contributed by atoms with Crippen LogP contribution in [0.2, 0.25) is 0 Å². The van der Waals surface area contributed by atoms with Crippen molar-refractivity contribution in [3.8, 4) is 0 Å². The summed E-state index contributed by atoms with van der Waals surface area (Å²) in [5.74, 6) is 4.43. The lowest BCUT2D eigenvalue weighted by atomic mass is 9.63. The van der Waals surface area contributed by atoms with Crippen molar-refractivity contribution in [1.29, 1.82) is 0 Å². The Morgan fingerprint density at radius 1 is 0.667 bits per heavy atom. The summed E-state index contributed by atoms with van der Waals surface area (Å²) in [7, 11) is 0. The molecule has 2 unspecified atom stereocenters. The van der Waals surface area contributed by atoms with Crippen LogP contribution in [-0.2, 0) is 0 Å². The van der Waals surface area contributed by atoms with E-state index in [2.05, 4.69) is 13.8 Å². The van der Waals surface area contributed by atoms with Crippen molar-refractivity contribution in [3.63, 3.8) is 0 Å². The van der Waals surface area contributed by atoms with Crippen LogP contribution in [0.1, 0.15) is 90.9 Å². The fourth-order valence-electron chi connectivity index (χ4n) is 4.70. The highest BCUT2D eigenvalue weighted by Gasteiger charge is 2.34. The van der Waals surface area contributed by atoms with E-state index in [1.54, 1.807) is 38.5 Å². The second-order valence-corrected chi connectivity index (χ2v) is 7.16. The zero-order chi connectivity index (χ0) is 12.8. The maximum absolute atomic E-state index is 2.36. The molecule has 0 spiro atoms. The fourth-order valence-corrected chi connectivity index (χ4v) is 4.70. The Kier molecular flexibility index (Phi) is 6.05. The number of fused-ring (bicyclic) bond motifs is 1. The average Bonchev–Trinajstić information content (AvgIpc) is 2.39. The van der Waals surface area contributed by atoms with E-state index in [0.29, 0.717) is 0 Å². The largest absolute Gasteiger partial charge is 0.0654 e. The Morgan fingerprint density at radius 2 is 1.28 bits per heavy atom. The third-order valence-electron chi connectivity index (χ3n) is 5.74. The van der Waals surface area contributed by atoms with Gasteiger partial charge in [0.25, 0.3) is 0 Å². The minimum Gasteiger partial charge on any atom is -0.0654 e. The SMILES string of the molecule is CCCCC[C@@H]1CC[C@@H]2CC(CCC)CCC2C1. The first-order chi connectivity index (χ1) is 8.83. The number of hydrogen-bond donors (Lipinski definition) is 0. The van der Waals surface area contributed by atoms with E-state index >= 15 is 0 Å². The minimum atomic E-state index is 1.09. The molecule has 0 saturated heterocycles. The molecule has 0 aromatic heterocycles. The molecule has 0 amide bonds. The van der Waals surface area contributed by atoms with Crippen LogP contribution in [0, 0.1) is 23.7 Å². The summed E-state index contributed by atoms with van der Waals surface area (Å²) in [5, 5.41) is 0. The fraction of sp³-hybridized carbons (Fsp3) is 1.00. The first kappa shape index (κ1) is 14.4. The van der Waals surface area contributed by atoms with Crippen molar-refractivity contribution < 1.29 is 0 Å². The first-order valence-corrected chi connectivity index (χ1v) is 8.83. The standard InChI is InChI=1S/C18H34/c1-3-5-6-8-16-10-12-17-13-15(7-4-2)9-11-18(17)14-16/h15-18H,3-14H2,1-2H3/t15?,16-,17-,18?/m1/s1. The molecule has 0 N–H and O–H groups in total. The van der Waals surface area contributed by atoms with Gasteiger partial charge in [0.15, 0.2) is 0 Å². The Labute approximate surface area is 115 Å². The first-order valence-electron chi connectivity index (χ1n) is 8.83. The Hall–Kier alpha value is 0. The van der Waals surface area contributed by atoms with Crippen molar-refractivity contribution >= 4 is 0 Å². The Balaban J connectivity index is 1.71. The van der Waals surface area contributed by atoms with Gasteiger partial charge in [0.05, 0.1) is 0 Å². The van der Waals surface area contributed by atoms with Crippen molar-refractivity contribution in [2.45, 2.75) is 90.9 Å². The van der Waals surface area contributed by atoms with Crippen LogP contribution >= 0.6 is 0 Å². The van der Waals surface area contributed by atoms with Gasteiger partial charge in [0.2, 0.25) is 0 Å². The van der Waals surface area contributed by atoms with Gasteiger partial charge >= 0.3 is 0 Å². The lowest BCUT2D eigenvalue weighted by Gasteiger charge is -2.42. The van der Waals surface area contributed by atoms with E-state index in [1.807, 2.05) is 0 Å². The van der Waals surface area contributed by atoms with E-state index in [9.17, 15) is 0 Å². The van der Waals surface area contributed by atoms with Gasteiger partial charge in [-0.15, -0.1) is 0 Å². The summed E-state index contributed by atoms with van der Waals surface area (Å²) in [6, 6.07) is 0. The molecule has 0 nitrogen and oxygen atoms in total. The molecular weight excluding hydrogens is 216 g/mol. The van der Waals surface area contributed by atoms with Crippen LogP contribution < -0.4 is 0 Å². The van der Waals surface area contributed by atoms with Crippen molar-refractivity contribution in [2.75, 3.05) is 0 Å². The zero-order valence-electron chi connectivity index (χ0n) is 12.8. The summed E-state index contributed by atoms with van der Waals surface area (Å²) in [5.41, 5.74) is 0. The molecule has 0 radical (unpaired) electrons. The van der Waals surface area contributed by atoms with Gasteiger partial charge < -0.3 is 0 Å². The molecule has 0 heteroatoms. The van der Waals surface area contributed by atoms with Gasteiger partial charge in [0, 0.05) is 0 Å². The number of hydrogen-bond acceptors (Lipinski definition) is 0. The predicted octanol–water partition coefficient (Wildman–Crippen LogP) is 6.20. The average molecular weight is 250 g/mol.